The maximum Gasteiger partial charge on any atom is 0.136 e. The Bertz CT molecular complexity index is 1060. The molecule has 1 heteroatoms. The second-order valence-corrected chi connectivity index (χ2v) is 5.83. The molecular weight excluding hydrogens is 292 g/mol. The van der Waals surface area contributed by atoms with E-state index in [1.54, 1.807) is 0 Å². The van der Waals surface area contributed by atoms with Crippen LogP contribution in [0.15, 0.2) is 89.9 Å². The largest absolute Gasteiger partial charge is 0.456 e. The summed E-state index contributed by atoms with van der Waals surface area (Å²) in [6.45, 7) is 5.89. The predicted octanol–water partition coefficient (Wildman–Crippen LogP) is 6.84. The molecule has 0 saturated carbocycles. The van der Waals surface area contributed by atoms with E-state index in [1.165, 1.54) is 11.1 Å². The quantitative estimate of drug-likeness (QED) is 0.377. The second kappa shape index (κ2) is 5.86. The molecule has 0 N–H and O–H groups in total. The van der Waals surface area contributed by atoms with Crippen molar-refractivity contribution in [3.05, 3.63) is 91.0 Å². The van der Waals surface area contributed by atoms with Crippen molar-refractivity contribution in [2.75, 3.05) is 0 Å². The van der Waals surface area contributed by atoms with Crippen LogP contribution in [-0.2, 0) is 0 Å². The molecule has 1 aromatic heterocycles. The van der Waals surface area contributed by atoms with E-state index >= 15 is 0 Å². The summed E-state index contributed by atoms with van der Waals surface area (Å²) in [5, 5.41) is 2.33. The van der Waals surface area contributed by atoms with Crippen molar-refractivity contribution in [1.29, 1.82) is 0 Å². The molecular formula is C23H18O. The number of hydrogen-bond acceptors (Lipinski definition) is 1. The molecule has 0 bridgehead atoms. The minimum Gasteiger partial charge on any atom is -0.456 e. The number of fused-ring (bicyclic) bond motifs is 3. The number of rotatable bonds is 3. The van der Waals surface area contributed by atoms with Gasteiger partial charge in [0.2, 0.25) is 0 Å². The fourth-order valence-corrected chi connectivity index (χ4v) is 3.16. The molecule has 1 nitrogen and oxygen atoms in total. The molecule has 1 heterocycles. The lowest BCUT2D eigenvalue weighted by Crippen LogP contribution is -1.82. The third kappa shape index (κ3) is 2.35. The van der Waals surface area contributed by atoms with E-state index in [1.807, 2.05) is 31.2 Å². The molecule has 24 heavy (non-hydrogen) atoms. The molecule has 0 amide bonds. The summed E-state index contributed by atoms with van der Waals surface area (Å²) >= 11 is 0. The van der Waals surface area contributed by atoms with Gasteiger partial charge in [-0.3, -0.25) is 0 Å². The molecule has 3 aromatic carbocycles. The molecule has 0 aliphatic rings. The van der Waals surface area contributed by atoms with E-state index in [-0.39, 0.29) is 0 Å². The first kappa shape index (κ1) is 14.5. The van der Waals surface area contributed by atoms with Gasteiger partial charge in [-0.2, -0.15) is 0 Å². The first-order valence-corrected chi connectivity index (χ1v) is 8.11. The Morgan fingerprint density at radius 2 is 1.54 bits per heavy atom. The van der Waals surface area contributed by atoms with Crippen molar-refractivity contribution in [3.8, 4) is 11.1 Å². The summed E-state index contributed by atoms with van der Waals surface area (Å²) in [6.07, 6.45) is 3.96. The Morgan fingerprint density at radius 3 is 2.29 bits per heavy atom. The molecule has 0 saturated heterocycles. The second-order valence-electron chi connectivity index (χ2n) is 5.83. The number of furan rings is 1. The van der Waals surface area contributed by atoms with Crippen LogP contribution in [0.4, 0.5) is 0 Å². The van der Waals surface area contributed by atoms with Gasteiger partial charge >= 0.3 is 0 Å². The standard InChI is InChI=1S/C23H18O/c1-3-16(4-2)17-9-11-18(12-10-17)19-13-14-21-20-7-5-6-8-22(20)24-23(21)15-19/h3-15H,1H2,2H3/b16-4+. The van der Waals surface area contributed by atoms with Crippen molar-refractivity contribution in [2.24, 2.45) is 0 Å². The van der Waals surface area contributed by atoms with E-state index in [9.17, 15) is 0 Å². The van der Waals surface area contributed by atoms with Crippen molar-refractivity contribution in [1.82, 2.24) is 0 Å². The van der Waals surface area contributed by atoms with Crippen LogP contribution in [0, 0.1) is 0 Å². The molecule has 0 spiro atoms. The first-order chi connectivity index (χ1) is 11.8. The maximum absolute atomic E-state index is 5.99. The molecule has 0 radical (unpaired) electrons. The molecule has 116 valence electrons. The first-order valence-electron chi connectivity index (χ1n) is 8.11. The summed E-state index contributed by atoms with van der Waals surface area (Å²) in [4.78, 5) is 0. The topological polar surface area (TPSA) is 13.1 Å². The normalized spacial score (nSPS) is 12.0. The van der Waals surface area contributed by atoms with Gasteiger partial charge in [-0.25, -0.2) is 0 Å². The summed E-state index contributed by atoms with van der Waals surface area (Å²) in [5.74, 6) is 0. The van der Waals surface area contributed by atoms with E-state index in [0.717, 1.165) is 33.1 Å². The third-order valence-corrected chi connectivity index (χ3v) is 4.46. The highest BCUT2D eigenvalue weighted by Crippen LogP contribution is 2.32. The zero-order valence-corrected chi connectivity index (χ0v) is 13.6. The molecule has 0 fully saturated rings. The lowest BCUT2D eigenvalue weighted by atomic mass is 9.99. The Morgan fingerprint density at radius 1 is 0.833 bits per heavy atom. The Balaban J connectivity index is 1.79. The van der Waals surface area contributed by atoms with Crippen LogP contribution < -0.4 is 0 Å². The maximum atomic E-state index is 5.99. The monoisotopic (exact) mass is 310 g/mol. The van der Waals surface area contributed by atoms with E-state index in [0.29, 0.717) is 0 Å². The summed E-state index contributed by atoms with van der Waals surface area (Å²) in [6, 6.07) is 23.1. The van der Waals surface area contributed by atoms with Crippen LogP contribution >= 0.6 is 0 Å². The Kier molecular flexibility index (Phi) is 3.55. The van der Waals surface area contributed by atoms with Gasteiger partial charge in [0.05, 0.1) is 0 Å². The van der Waals surface area contributed by atoms with Crippen molar-refractivity contribution >= 4 is 27.5 Å². The van der Waals surface area contributed by atoms with Crippen LogP contribution in [0.2, 0.25) is 0 Å². The number of hydrogen-bond donors (Lipinski definition) is 0. The van der Waals surface area contributed by atoms with Gasteiger partial charge in [0, 0.05) is 10.8 Å². The van der Waals surface area contributed by atoms with Gasteiger partial charge in [-0.05, 0) is 47.4 Å². The third-order valence-electron chi connectivity index (χ3n) is 4.46. The SMILES string of the molecule is C=C/C(=C\C)c1ccc(-c2ccc3c(c2)oc2ccccc23)cc1. The average molecular weight is 310 g/mol. The van der Waals surface area contributed by atoms with Gasteiger partial charge in [-0.15, -0.1) is 0 Å². The lowest BCUT2D eigenvalue weighted by Gasteiger charge is -2.05. The molecule has 0 aliphatic heterocycles. The van der Waals surface area contributed by atoms with Crippen LogP contribution in [0.3, 0.4) is 0 Å². The Hall–Kier alpha value is -3.06. The molecule has 0 atom stereocenters. The van der Waals surface area contributed by atoms with Crippen molar-refractivity contribution in [2.45, 2.75) is 6.92 Å². The molecule has 4 rings (SSSR count). The lowest BCUT2D eigenvalue weighted by molar-refractivity contribution is 0.669. The highest BCUT2D eigenvalue weighted by Gasteiger charge is 2.08. The van der Waals surface area contributed by atoms with Gasteiger partial charge in [0.1, 0.15) is 11.2 Å². The zero-order chi connectivity index (χ0) is 16.5. The minimum absolute atomic E-state index is 0.929. The summed E-state index contributed by atoms with van der Waals surface area (Å²) in [5.41, 5.74) is 6.53. The van der Waals surface area contributed by atoms with Gasteiger partial charge < -0.3 is 4.42 Å². The fraction of sp³-hybridized carbons (Fsp3) is 0.0435. The van der Waals surface area contributed by atoms with Crippen LogP contribution in [0.25, 0.3) is 38.6 Å². The van der Waals surface area contributed by atoms with Gasteiger partial charge in [0.25, 0.3) is 0 Å². The number of allylic oxidation sites excluding steroid dienone is 3. The highest BCUT2D eigenvalue weighted by atomic mass is 16.3. The van der Waals surface area contributed by atoms with Crippen LogP contribution in [-0.4, -0.2) is 0 Å². The van der Waals surface area contributed by atoms with E-state index in [2.05, 4.69) is 61.2 Å². The smallest absolute Gasteiger partial charge is 0.136 e. The van der Waals surface area contributed by atoms with Gasteiger partial charge in [0.15, 0.2) is 0 Å². The van der Waals surface area contributed by atoms with E-state index in [4.69, 9.17) is 4.42 Å². The minimum atomic E-state index is 0.929. The van der Waals surface area contributed by atoms with Gasteiger partial charge in [-0.1, -0.05) is 67.3 Å². The summed E-state index contributed by atoms with van der Waals surface area (Å²) < 4.78 is 5.99. The van der Waals surface area contributed by atoms with E-state index < -0.39 is 0 Å². The van der Waals surface area contributed by atoms with Crippen molar-refractivity contribution < 1.29 is 4.42 Å². The zero-order valence-electron chi connectivity index (χ0n) is 13.6. The fourth-order valence-electron chi connectivity index (χ4n) is 3.16. The molecule has 0 unspecified atom stereocenters. The highest BCUT2D eigenvalue weighted by molar-refractivity contribution is 6.05. The average Bonchev–Trinajstić information content (AvgIpc) is 3.01. The molecule has 0 aliphatic carbocycles. The van der Waals surface area contributed by atoms with Crippen molar-refractivity contribution in [3.63, 3.8) is 0 Å². The Labute approximate surface area is 141 Å². The van der Waals surface area contributed by atoms with Crippen LogP contribution in [0.5, 0.6) is 0 Å². The molecule has 4 aromatic rings. The summed E-state index contributed by atoms with van der Waals surface area (Å²) in [7, 11) is 0. The number of para-hydroxylation sites is 1. The van der Waals surface area contributed by atoms with Crippen LogP contribution in [0.1, 0.15) is 12.5 Å². The number of benzene rings is 3. The predicted molar refractivity (Wildman–Crippen MR) is 103 cm³/mol.